The highest BCUT2D eigenvalue weighted by Gasteiger charge is 2.22. The third-order valence-electron chi connectivity index (χ3n) is 2.84. The summed E-state index contributed by atoms with van der Waals surface area (Å²) < 4.78 is 24.2. The zero-order valence-electron chi connectivity index (χ0n) is 9.90. The molecule has 1 aliphatic rings. The van der Waals surface area contributed by atoms with Crippen LogP contribution in [0.5, 0.6) is 0 Å². The first-order valence-electron chi connectivity index (χ1n) is 5.84. The number of hydrogen-bond donors (Lipinski definition) is 1. The number of benzene rings is 1. The molecular formula is C12H11BrFN3O2. The van der Waals surface area contributed by atoms with E-state index in [-0.39, 0.29) is 11.9 Å². The van der Waals surface area contributed by atoms with Crippen LogP contribution in [0.4, 0.5) is 4.39 Å². The maximum Gasteiger partial charge on any atom is 0.259 e. The van der Waals surface area contributed by atoms with Gasteiger partial charge in [-0.2, -0.15) is 4.98 Å². The van der Waals surface area contributed by atoms with Crippen LogP contribution >= 0.6 is 15.9 Å². The first kappa shape index (κ1) is 12.7. The zero-order chi connectivity index (χ0) is 13.2. The fourth-order valence-electron chi connectivity index (χ4n) is 1.88. The van der Waals surface area contributed by atoms with Crippen molar-refractivity contribution in [1.29, 1.82) is 0 Å². The van der Waals surface area contributed by atoms with Gasteiger partial charge in [0.15, 0.2) is 5.82 Å². The van der Waals surface area contributed by atoms with Gasteiger partial charge in [0.05, 0.1) is 24.8 Å². The smallest absolute Gasteiger partial charge is 0.259 e. The molecule has 19 heavy (non-hydrogen) atoms. The molecule has 1 aromatic heterocycles. The minimum Gasteiger partial charge on any atom is -0.378 e. The van der Waals surface area contributed by atoms with E-state index in [4.69, 9.17) is 9.26 Å². The van der Waals surface area contributed by atoms with Crippen molar-refractivity contribution in [3.8, 4) is 11.5 Å². The lowest BCUT2D eigenvalue weighted by molar-refractivity contribution is 0.0734. The molecule has 0 saturated carbocycles. The van der Waals surface area contributed by atoms with E-state index < -0.39 is 0 Å². The van der Waals surface area contributed by atoms with Crippen LogP contribution in [-0.4, -0.2) is 29.9 Å². The standard InChI is InChI=1S/C12H11BrFN3O2/c13-9-5-7(14)1-2-8(9)12-16-11(17-19-12)10-6-18-4-3-15-10/h1-2,5,10,15H,3-4,6H2. The summed E-state index contributed by atoms with van der Waals surface area (Å²) >= 11 is 3.28. The van der Waals surface area contributed by atoms with Crippen LogP contribution in [0, 0.1) is 5.82 Å². The van der Waals surface area contributed by atoms with E-state index >= 15 is 0 Å². The minimum absolute atomic E-state index is 0.0644. The van der Waals surface area contributed by atoms with Crippen LogP contribution in [-0.2, 0) is 4.74 Å². The SMILES string of the molecule is Fc1ccc(-c2nc(C3COCCN3)no2)c(Br)c1. The van der Waals surface area contributed by atoms with Crippen molar-refractivity contribution < 1.29 is 13.7 Å². The second kappa shape index (κ2) is 5.36. The number of halogens is 2. The van der Waals surface area contributed by atoms with Crippen LogP contribution in [0.3, 0.4) is 0 Å². The van der Waals surface area contributed by atoms with Crippen LogP contribution < -0.4 is 5.32 Å². The summed E-state index contributed by atoms with van der Waals surface area (Å²) in [5.74, 6) is 0.581. The van der Waals surface area contributed by atoms with Crippen molar-refractivity contribution in [2.45, 2.75) is 6.04 Å². The average Bonchev–Trinajstić information content (AvgIpc) is 2.89. The topological polar surface area (TPSA) is 60.2 Å². The average molecular weight is 328 g/mol. The number of rotatable bonds is 2. The minimum atomic E-state index is -0.322. The molecule has 0 bridgehead atoms. The third-order valence-corrected chi connectivity index (χ3v) is 3.49. The zero-order valence-corrected chi connectivity index (χ0v) is 11.5. The lowest BCUT2D eigenvalue weighted by Crippen LogP contribution is -2.35. The van der Waals surface area contributed by atoms with E-state index in [9.17, 15) is 4.39 Å². The van der Waals surface area contributed by atoms with Crippen LogP contribution in [0.25, 0.3) is 11.5 Å². The highest BCUT2D eigenvalue weighted by atomic mass is 79.9. The number of morpholine rings is 1. The fraction of sp³-hybridized carbons (Fsp3) is 0.333. The molecule has 1 atom stereocenters. The highest BCUT2D eigenvalue weighted by Crippen LogP contribution is 2.28. The molecule has 2 aromatic rings. The lowest BCUT2D eigenvalue weighted by Gasteiger charge is -2.20. The summed E-state index contributed by atoms with van der Waals surface area (Å²) in [6.45, 7) is 1.96. The predicted octanol–water partition coefficient (Wildman–Crippen LogP) is 2.30. The first-order valence-corrected chi connectivity index (χ1v) is 6.63. The van der Waals surface area contributed by atoms with Crippen LogP contribution in [0.2, 0.25) is 0 Å². The van der Waals surface area contributed by atoms with E-state index in [2.05, 4.69) is 31.4 Å². The Morgan fingerprint density at radius 2 is 2.32 bits per heavy atom. The summed E-state index contributed by atoms with van der Waals surface area (Å²) in [7, 11) is 0. The maximum absolute atomic E-state index is 13.0. The Kier molecular flexibility index (Phi) is 3.58. The Morgan fingerprint density at radius 1 is 1.42 bits per heavy atom. The highest BCUT2D eigenvalue weighted by molar-refractivity contribution is 9.10. The van der Waals surface area contributed by atoms with Gasteiger partial charge in [-0.25, -0.2) is 4.39 Å². The molecule has 1 saturated heterocycles. The Bertz CT molecular complexity index is 584. The van der Waals surface area contributed by atoms with E-state index in [1.807, 2.05) is 0 Å². The van der Waals surface area contributed by atoms with Gasteiger partial charge in [-0.1, -0.05) is 5.16 Å². The lowest BCUT2D eigenvalue weighted by atomic mass is 10.2. The molecule has 1 fully saturated rings. The van der Waals surface area contributed by atoms with Gasteiger partial charge in [0.1, 0.15) is 5.82 Å². The summed E-state index contributed by atoms with van der Waals surface area (Å²) in [4.78, 5) is 4.32. The van der Waals surface area contributed by atoms with Crippen molar-refractivity contribution in [2.24, 2.45) is 0 Å². The van der Waals surface area contributed by atoms with Crippen molar-refractivity contribution in [1.82, 2.24) is 15.5 Å². The van der Waals surface area contributed by atoms with Crippen molar-refractivity contribution in [2.75, 3.05) is 19.8 Å². The molecule has 7 heteroatoms. The fourth-order valence-corrected chi connectivity index (χ4v) is 2.40. The number of hydrogen-bond acceptors (Lipinski definition) is 5. The van der Waals surface area contributed by atoms with Gasteiger partial charge < -0.3 is 14.6 Å². The van der Waals surface area contributed by atoms with Crippen LogP contribution in [0.15, 0.2) is 27.2 Å². The molecule has 1 aliphatic heterocycles. The van der Waals surface area contributed by atoms with E-state index in [0.717, 1.165) is 6.54 Å². The molecule has 0 amide bonds. The summed E-state index contributed by atoms with van der Waals surface area (Å²) in [5.41, 5.74) is 0.664. The summed E-state index contributed by atoms with van der Waals surface area (Å²) in [6, 6.07) is 4.25. The molecule has 1 aromatic carbocycles. The van der Waals surface area contributed by atoms with E-state index in [1.165, 1.54) is 12.1 Å². The molecule has 100 valence electrons. The number of nitrogens with one attached hydrogen (secondary N) is 1. The molecule has 3 rings (SSSR count). The number of aromatic nitrogens is 2. The van der Waals surface area contributed by atoms with Gasteiger partial charge in [0.25, 0.3) is 5.89 Å². The monoisotopic (exact) mass is 327 g/mol. The Morgan fingerprint density at radius 3 is 3.05 bits per heavy atom. The van der Waals surface area contributed by atoms with Gasteiger partial charge in [0.2, 0.25) is 0 Å². The Labute approximate surface area is 117 Å². The largest absolute Gasteiger partial charge is 0.378 e. The quantitative estimate of drug-likeness (QED) is 0.917. The van der Waals surface area contributed by atoms with Gasteiger partial charge in [0, 0.05) is 11.0 Å². The molecule has 2 heterocycles. The summed E-state index contributed by atoms with van der Waals surface area (Å²) in [5, 5.41) is 7.18. The molecule has 1 N–H and O–H groups in total. The van der Waals surface area contributed by atoms with E-state index in [1.54, 1.807) is 6.07 Å². The second-order valence-electron chi connectivity index (χ2n) is 4.16. The Hall–Kier alpha value is -1.31. The molecule has 5 nitrogen and oxygen atoms in total. The van der Waals surface area contributed by atoms with Gasteiger partial charge in [-0.3, -0.25) is 0 Å². The van der Waals surface area contributed by atoms with Gasteiger partial charge in [-0.05, 0) is 34.1 Å². The van der Waals surface area contributed by atoms with Crippen molar-refractivity contribution in [3.63, 3.8) is 0 Å². The number of nitrogens with zero attached hydrogens (tertiary/aromatic N) is 2. The molecule has 0 aliphatic carbocycles. The predicted molar refractivity (Wildman–Crippen MR) is 69.0 cm³/mol. The molecule has 0 radical (unpaired) electrons. The normalized spacial score (nSPS) is 19.6. The third kappa shape index (κ3) is 2.68. The van der Waals surface area contributed by atoms with Crippen molar-refractivity contribution in [3.05, 3.63) is 34.3 Å². The summed E-state index contributed by atoms with van der Waals surface area (Å²) in [6.07, 6.45) is 0. The van der Waals surface area contributed by atoms with Gasteiger partial charge in [-0.15, -0.1) is 0 Å². The van der Waals surface area contributed by atoms with Crippen LogP contribution in [0.1, 0.15) is 11.9 Å². The Balaban J connectivity index is 1.87. The maximum atomic E-state index is 13.0. The van der Waals surface area contributed by atoms with E-state index in [0.29, 0.717) is 35.0 Å². The molecule has 1 unspecified atom stereocenters. The van der Waals surface area contributed by atoms with Crippen molar-refractivity contribution >= 4 is 15.9 Å². The molecular weight excluding hydrogens is 317 g/mol. The first-order chi connectivity index (χ1) is 9.24. The van der Waals surface area contributed by atoms with Gasteiger partial charge >= 0.3 is 0 Å². The second-order valence-corrected chi connectivity index (χ2v) is 5.02. The number of ether oxygens (including phenoxy) is 1. The molecule has 0 spiro atoms.